The molecule has 2 unspecified atom stereocenters. The summed E-state index contributed by atoms with van der Waals surface area (Å²) >= 11 is 24.4. The Labute approximate surface area is 215 Å². The van der Waals surface area contributed by atoms with Crippen molar-refractivity contribution in [3.63, 3.8) is 0 Å². The first-order valence-corrected chi connectivity index (χ1v) is 11.8. The van der Waals surface area contributed by atoms with Gasteiger partial charge in [0.1, 0.15) is 0 Å². The Kier molecular flexibility index (Phi) is 7.50. The van der Waals surface area contributed by atoms with Gasteiger partial charge in [-0.2, -0.15) is 13.2 Å². The summed E-state index contributed by atoms with van der Waals surface area (Å²) in [5, 5.41) is 4.09. The lowest BCUT2D eigenvalue weighted by molar-refractivity contribution is -0.254. The van der Waals surface area contributed by atoms with Gasteiger partial charge in [-0.05, 0) is 57.0 Å². The topological polar surface area (TPSA) is 62.7 Å². The molecule has 0 spiro atoms. The molecule has 5 nitrogen and oxygen atoms in total. The van der Waals surface area contributed by atoms with Crippen LogP contribution < -0.4 is 10.9 Å². The molecule has 0 radical (unpaired) electrons. The first-order valence-electron chi connectivity index (χ1n) is 10.1. The second kappa shape index (κ2) is 9.45. The van der Waals surface area contributed by atoms with Crippen LogP contribution in [-0.2, 0) is 9.63 Å². The van der Waals surface area contributed by atoms with E-state index in [4.69, 9.17) is 51.2 Å². The lowest BCUT2D eigenvalue weighted by Gasteiger charge is -2.36. The summed E-state index contributed by atoms with van der Waals surface area (Å²) in [6, 6.07) is 4.46. The molecule has 0 bridgehead atoms. The van der Waals surface area contributed by atoms with Crippen molar-refractivity contribution in [1.82, 2.24) is 5.43 Å². The van der Waals surface area contributed by atoms with Gasteiger partial charge < -0.3 is 4.84 Å². The number of nitrogens with one attached hydrogen (secondary N) is 2. The minimum Gasteiger partial charge on any atom is -0.374 e. The van der Waals surface area contributed by atoms with E-state index in [9.17, 15) is 18.0 Å². The van der Waals surface area contributed by atoms with Crippen LogP contribution >= 0.6 is 46.4 Å². The fourth-order valence-corrected chi connectivity index (χ4v) is 4.45. The van der Waals surface area contributed by atoms with E-state index >= 15 is 0 Å². The van der Waals surface area contributed by atoms with E-state index in [0.29, 0.717) is 5.56 Å². The summed E-state index contributed by atoms with van der Waals surface area (Å²) in [6.07, 6.45) is -2.80. The molecule has 1 amide bonds. The van der Waals surface area contributed by atoms with Gasteiger partial charge >= 0.3 is 6.18 Å². The third-order valence-corrected chi connectivity index (χ3v) is 7.01. The zero-order valence-electron chi connectivity index (χ0n) is 18.4. The molecular formula is C22H22Cl4F3N3O2. The minimum absolute atomic E-state index is 0.0484. The molecule has 2 atom stereocenters. The van der Waals surface area contributed by atoms with Crippen LogP contribution in [-0.4, -0.2) is 34.2 Å². The van der Waals surface area contributed by atoms with Crippen molar-refractivity contribution in [3.8, 4) is 0 Å². The van der Waals surface area contributed by atoms with Gasteiger partial charge in [-0.25, -0.2) is 0 Å². The third-order valence-electron chi connectivity index (χ3n) is 5.55. The van der Waals surface area contributed by atoms with Gasteiger partial charge in [0.2, 0.25) is 5.91 Å². The summed E-state index contributed by atoms with van der Waals surface area (Å²) in [6.45, 7) is 4.88. The van der Waals surface area contributed by atoms with Crippen LogP contribution in [0.1, 0.15) is 39.2 Å². The number of carbonyl (C=O) groups is 1. The van der Waals surface area contributed by atoms with Crippen LogP contribution in [0.4, 0.5) is 18.9 Å². The van der Waals surface area contributed by atoms with Crippen molar-refractivity contribution in [1.29, 1.82) is 0 Å². The number of halogens is 7. The SMILES string of the molecule is CC1(Cl)C=C(Cl)C=C(C2(C(F)(F)F)CC(c3ccc(Cl)c(NNC(=O)C(C)(C)CCl)c3)=NO2)C1. The van der Waals surface area contributed by atoms with Crippen molar-refractivity contribution >= 4 is 63.7 Å². The number of oxime groups is 1. The first kappa shape index (κ1) is 27.0. The molecule has 12 heteroatoms. The standard InChI is InChI=1S/C22H22Cl4F3N3O2/c1-19(2,11-23)18(33)31-30-16-6-12(4-5-15(16)25)17-10-21(34-32-17,22(27,28)29)13-7-14(24)9-20(3,26)8-13/h4-7,9,30H,8,10-11H2,1-3H3,(H,31,33). The predicted octanol–water partition coefficient (Wildman–Crippen LogP) is 6.92. The maximum absolute atomic E-state index is 14.3. The molecule has 2 aliphatic rings. The molecule has 0 saturated heterocycles. The maximum atomic E-state index is 14.3. The lowest BCUT2D eigenvalue weighted by atomic mass is 9.79. The van der Waals surface area contributed by atoms with E-state index < -0.39 is 28.5 Å². The highest BCUT2D eigenvalue weighted by atomic mass is 35.5. The highest BCUT2D eigenvalue weighted by Crippen LogP contribution is 2.51. The summed E-state index contributed by atoms with van der Waals surface area (Å²) in [5.41, 5.74) is 2.15. The van der Waals surface area contributed by atoms with E-state index in [0.717, 1.165) is 0 Å². The van der Waals surface area contributed by atoms with E-state index in [1.807, 2.05) is 0 Å². The summed E-state index contributed by atoms with van der Waals surface area (Å²) in [4.78, 5) is 16.3. The number of anilines is 1. The summed E-state index contributed by atoms with van der Waals surface area (Å²) < 4.78 is 43.0. The Morgan fingerprint density at radius 1 is 1.24 bits per heavy atom. The van der Waals surface area contributed by atoms with Crippen LogP contribution in [0.3, 0.4) is 0 Å². The quantitative estimate of drug-likeness (QED) is 0.294. The Morgan fingerprint density at radius 3 is 2.50 bits per heavy atom. The first-order chi connectivity index (χ1) is 15.6. The summed E-state index contributed by atoms with van der Waals surface area (Å²) in [7, 11) is 0. The average molecular weight is 559 g/mol. The molecule has 0 aromatic heterocycles. The number of hydrogen-bond donors (Lipinski definition) is 2. The molecule has 0 saturated carbocycles. The Bertz CT molecular complexity index is 1080. The number of carbonyl (C=O) groups excluding carboxylic acids is 1. The van der Waals surface area contributed by atoms with Crippen LogP contribution in [0.2, 0.25) is 5.02 Å². The second-order valence-electron chi connectivity index (χ2n) is 9.08. The zero-order valence-corrected chi connectivity index (χ0v) is 21.4. The predicted molar refractivity (Wildman–Crippen MR) is 130 cm³/mol. The molecule has 186 valence electrons. The average Bonchev–Trinajstić information content (AvgIpc) is 3.18. The molecule has 1 aromatic carbocycles. The van der Waals surface area contributed by atoms with Crippen LogP contribution in [0, 0.1) is 5.41 Å². The third kappa shape index (κ3) is 5.45. The van der Waals surface area contributed by atoms with Crippen LogP contribution in [0.25, 0.3) is 0 Å². The Morgan fingerprint density at radius 2 is 1.91 bits per heavy atom. The zero-order chi connectivity index (χ0) is 25.5. The van der Waals surface area contributed by atoms with Crippen LogP contribution in [0.15, 0.2) is 46.1 Å². The molecular weight excluding hydrogens is 537 g/mol. The highest BCUT2D eigenvalue weighted by molar-refractivity contribution is 6.34. The van der Waals surface area contributed by atoms with Gasteiger partial charge in [0, 0.05) is 22.9 Å². The molecule has 1 aliphatic carbocycles. The number of nitrogens with zero attached hydrogens (tertiary/aromatic N) is 1. The van der Waals surface area contributed by atoms with Gasteiger partial charge in [0.25, 0.3) is 5.60 Å². The molecule has 34 heavy (non-hydrogen) atoms. The number of alkyl halides is 5. The van der Waals surface area contributed by atoms with Crippen molar-refractivity contribution in [2.24, 2.45) is 10.6 Å². The molecule has 2 N–H and O–H groups in total. The number of hydrogen-bond acceptors (Lipinski definition) is 4. The molecule has 3 rings (SSSR count). The van der Waals surface area contributed by atoms with Gasteiger partial charge in [0.15, 0.2) is 0 Å². The fraction of sp³-hybridized carbons (Fsp3) is 0.455. The Hall–Kier alpha value is -1.61. The lowest BCUT2D eigenvalue weighted by Crippen LogP contribution is -2.48. The monoisotopic (exact) mass is 557 g/mol. The van der Waals surface area contributed by atoms with E-state index in [-0.39, 0.29) is 45.2 Å². The molecule has 0 fully saturated rings. The smallest absolute Gasteiger partial charge is 0.374 e. The van der Waals surface area contributed by atoms with Gasteiger partial charge in [0.05, 0.1) is 26.7 Å². The van der Waals surface area contributed by atoms with Gasteiger partial charge in [-0.1, -0.05) is 34.4 Å². The van der Waals surface area contributed by atoms with Gasteiger partial charge in [-0.15, -0.1) is 23.2 Å². The van der Waals surface area contributed by atoms with Crippen molar-refractivity contribution in [2.75, 3.05) is 11.3 Å². The van der Waals surface area contributed by atoms with Crippen molar-refractivity contribution in [2.45, 2.75) is 50.3 Å². The minimum atomic E-state index is -4.79. The highest BCUT2D eigenvalue weighted by Gasteiger charge is 2.64. The molecule has 1 aliphatic heterocycles. The maximum Gasteiger partial charge on any atom is 0.435 e. The largest absolute Gasteiger partial charge is 0.435 e. The van der Waals surface area contributed by atoms with Crippen LogP contribution in [0.5, 0.6) is 0 Å². The van der Waals surface area contributed by atoms with E-state index in [1.165, 1.54) is 30.4 Å². The fourth-order valence-electron chi connectivity index (χ4n) is 3.48. The molecule has 1 aromatic rings. The number of benzene rings is 1. The number of amides is 1. The number of hydrazine groups is 1. The summed E-state index contributed by atoms with van der Waals surface area (Å²) in [5.74, 6) is -0.307. The van der Waals surface area contributed by atoms with Crippen molar-refractivity contribution < 1.29 is 22.8 Å². The van der Waals surface area contributed by atoms with E-state index in [2.05, 4.69) is 16.0 Å². The second-order valence-corrected chi connectivity index (χ2v) is 11.1. The normalized spacial score (nSPS) is 25.2. The number of rotatable bonds is 6. The van der Waals surface area contributed by atoms with Gasteiger partial charge in [-0.3, -0.25) is 15.6 Å². The van der Waals surface area contributed by atoms with E-state index in [1.54, 1.807) is 20.8 Å². The van der Waals surface area contributed by atoms with Crippen molar-refractivity contribution in [3.05, 3.63) is 51.5 Å². The Balaban J connectivity index is 1.88. The number of allylic oxidation sites excluding steroid dienone is 3. The molecule has 1 heterocycles.